The van der Waals surface area contributed by atoms with Crippen LogP contribution in [0.5, 0.6) is 0 Å². The average molecular weight is 721 g/mol. The topological polar surface area (TPSA) is 215 Å². The highest BCUT2D eigenvalue weighted by molar-refractivity contribution is 5.88. The molecule has 3 aliphatic carbocycles. The van der Waals surface area contributed by atoms with Crippen molar-refractivity contribution in [3.63, 3.8) is 0 Å². The fourth-order valence-corrected chi connectivity index (χ4v) is 12.0. The van der Waals surface area contributed by atoms with Crippen LogP contribution in [0.2, 0.25) is 0 Å². The molecule has 280 valence electrons. The van der Waals surface area contributed by atoms with Crippen molar-refractivity contribution < 1.29 is 77.1 Å². The number of hydrogen-bond acceptors (Lipinski definition) is 16. The largest absolute Gasteiger partial charge is 0.469 e. The van der Waals surface area contributed by atoms with E-state index in [1.54, 1.807) is 33.8 Å². The SMILES string of the molecule is C/C=C(\C)C(=O)O[C@H]1C[C@@H](OC(C)=O)[C@@]2(OC(C)=O)CO[C@H]3[C@@H](O)[C@@](C)([C@]45O[C@@]4(C)[C@H]4C[C@@H]5O[C@@H]5OC=C[C@@]54O)[C@H]4[C@]1(CO[C@]4(O)C(=O)OC)[C@@H]32. The van der Waals surface area contributed by atoms with Crippen LogP contribution in [0, 0.1) is 28.6 Å². The van der Waals surface area contributed by atoms with Crippen molar-refractivity contribution in [3.8, 4) is 0 Å². The molecule has 16 nitrogen and oxygen atoms in total. The highest BCUT2D eigenvalue weighted by atomic mass is 16.7. The molecule has 0 radical (unpaired) electrons. The Balaban J connectivity index is 1.39. The number of carbonyl (C=O) groups excluding carboxylic acids is 4. The molecule has 0 unspecified atom stereocenters. The Morgan fingerprint density at radius 3 is 2.35 bits per heavy atom. The molecule has 8 rings (SSSR count). The second kappa shape index (κ2) is 10.5. The van der Waals surface area contributed by atoms with Crippen molar-refractivity contribution >= 4 is 23.9 Å². The molecule has 3 N–H and O–H groups in total. The van der Waals surface area contributed by atoms with Gasteiger partial charge in [-0.1, -0.05) is 13.0 Å². The number of methoxy groups -OCH3 is 1. The highest BCUT2D eigenvalue weighted by Gasteiger charge is 2.97. The molecule has 3 saturated carbocycles. The van der Waals surface area contributed by atoms with Crippen molar-refractivity contribution in [2.75, 3.05) is 20.3 Å². The van der Waals surface area contributed by atoms with E-state index in [9.17, 15) is 34.5 Å². The summed E-state index contributed by atoms with van der Waals surface area (Å²) >= 11 is 0. The van der Waals surface area contributed by atoms with Crippen LogP contribution < -0.4 is 0 Å². The molecule has 0 aromatic rings. The smallest absolute Gasteiger partial charge is 0.366 e. The van der Waals surface area contributed by atoms with E-state index in [0.29, 0.717) is 0 Å². The minimum Gasteiger partial charge on any atom is -0.469 e. The predicted octanol–water partition coefficient (Wildman–Crippen LogP) is -0.0606. The fourth-order valence-electron chi connectivity index (χ4n) is 12.0. The Morgan fingerprint density at radius 1 is 0.980 bits per heavy atom. The Bertz CT molecular complexity index is 1660. The number of hydrogen-bond donors (Lipinski definition) is 3. The Kier molecular flexibility index (Phi) is 7.20. The van der Waals surface area contributed by atoms with Crippen molar-refractivity contribution in [3.05, 3.63) is 24.0 Å². The van der Waals surface area contributed by atoms with Crippen LogP contribution >= 0.6 is 0 Å². The number of ether oxygens (including phenoxy) is 9. The predicted molar refractivity (Wildman–Crippen MR) is 164 cm³/mol. The highest BCUT2D eigenvalue weighted by Crippen LogP contribution is 2.82. The maximum Gasteiger partial charge on any atom is 0.366 e. The molecule has 4 saturated heterocycles. The van der Waals surface area contributed by atoms with Gasteiger partial charge in [-0.25, -0.2) is 9.59 Å². The molecule has 0 aromatic carbocycles. The molecular formula is C35H44O16. The van der Waals surface area contributed by atoms with Gasteiger partial charge in [-0.15, -0.1) is 0 Å². The molecule has 7 fully saturated rings. The van der Waals surface area contributed by atoms with Crippen LogP contribution in [0.1, 0.15) is 54.4 Å². The molecule has 1 spiro atoms. The van der Waals surface area contributed by atoms with E-state index >= 15 is 0 Å². The molecule has 2 bridgehead atoms. The number of allylic oxidation sites excluding steroid dienone is 1. The van der Waals surface area contributed by atoms with Gasteiger partial charge in [-0.05, 0) is 33.3 Å². The van der Waals surface area contributed by atoms with Crippen LogP contribution in [-0.2, 0) is 61.8 Å². The number of fused-ring (bicyclic) bond motifs is 7. The summed E-state index contributed by atoms with van der Waals surface area (Å²) in [4.78, 5) is 53.1. The summed E-state index contributed by atoms with van der Waals surface area (Å²) in [6.45, 7) is 8.14. The number of epoxide rings is 1. The summed E-state index contributed by atoms with van der Waals surface area (Å²) in [6.07, 6.45) is -2.95. The quantitative estimate of drug-likeness (QED) is 0.142. The summed E-state index contributed by atoms with van der Waals surface area (Å²) in [5.41, 5.74) is -9.37. The van der Waals surface area contributed by atoms with E-state index in [2.05, 4.69) is 0 Å². The summed E-state index contributed by atoms with van der Waals surface area (Å²) in [7, 11) is 1.07. The first kappa shape index (κ1) is 34.9. The van der Waals surface area contributed by atoms with E-state index in [1.807, 2.05) is 0 Å². The molecule has 5 aliphatic heterocycles. The van der Waals surface area contributed by atoms with Crippen LogP contribution in [0.25, 0.3) is 0 Å². The number of carbonyl (C=O) groups is 4. The monoisotopic (exact) mass is 720 g/mol. The Morgan fingerprint density at radius 2 is 1.71 bits per heavy atom. The van der Waals surface area contributed by atoms with Gasteiger partial charge in [-0.3, -0.25) is 9.59 Å². The number of aliphatic hydroxyl groups excluding tert-OH is 1. The third-order valence-corrected chi connectivity index (χ3v) is 13.8. The van der Waals surface area contributed by atoms with Gasteiger partial charge >= 0.3 is 23.9 Å². The number of aliphatic hydroxyl groups is 3. The van der Waals surface area contributed by atoms with Gasteiger partial charge in [0, 0.05) is 54.4 Å². The maximum atomic E-state index is 13.9. The Hall–Kier alpha value is -3.12. The third kappa shape index (κ3) is 3.79. The van der Waals surface area contributed by atoms with Gasteiger partial charge in [0.25, 0.3) is 5.79 Å². The first-order valence-corrected chi connectivity index (χ1v) is 17.2. The lowest BCUT2D eigenvalue weighted by Crippen LogP contribution is -2.80. The lowest BCUT2D eigenvalue weighted by Gasteiger charge is -2.65. The van der Waals surface area contributed by atoms with Gasteiger partial charge in [0.15, 0.2) is 11.2 Å². The average Bonchev–Trinajstić information content (AvgIpc) is 3.42. The van der Waals surface area contributed by atoms with Gasteiger partial charge in [0.1, 0.15) is 23.4 Å². The lowest BCUT2D eigenvalue weighted by atomic mass is 9.39. The third-order valence-electron chi connectivity index (χ3n) is 13.8. The summed E-state index contributed by atoms with van der Waals surface area (Å²) in [5, 5.41) is 37.4. The van der Waals surface area contributed by atoms with E-state index < -0.39 is 124 Å². The van der Waals surface area contributed by atoms with E-state index in [-0.39, 0.29) is 25.0 Å². The van der Waals surface area contributed by atoms with Gasteiger partial charge in [-0.2, -0.15) is 0 Å². The second-order valence-corrected chi connectivity index (χ2v) is 15.8. The van der Waals surface area contributed by atoms with Gasteiger partial charge in [0.2, 0.25) is 6.29 Å². The minimum atomic E-state index is -2.81. The molecule has 16 atom stereocenters. The molecule has 16 heteroatoms. The van der Waals surface area contributed by atoms with Crippen molar-refractivity contribution in [2.45, 2.75) is 119 Å². The molecule has 5 heterocycles. The second-order valence-electron chi connectivity index (χ2n) is 15.8. The van der Waals surface area contributed by atoms with Gasteiger partial charge < -0.3 is 58.0 Å². The van der Waals surface area contributed by atoms with Crippen molar-refractivity contribution in [2.24, 2.45) is 28.6 Å². The zero-order valence-electron chi connectivity index (χ0n) is 29.4. The zero-order valence-corrected chi connectivity index (χ0v) is 29.4. The fraction of sp³-hybridized carbons (Fsp3) is 0.771. The molecule has 8 aliphatic rings. The van der Waals surface area contributed by atoms with E-state index in [0.717, 1.165) is 7.11 Å². The van der Waals surface area contributed by atoms with Crippen molar-refractivity contribution in [1.82, 2.24) is 0 Å². The standard InChI is InChI=1S/C35H44O16/c1-8-15(2)25(39)48-19-12-20(47-16(3)36)33(50-17(4)37)14-45-22-23(33)31(19)13-46-34(42,27(40)43-7)26(31)29(5,24(22)38)35-21-11-18(30(35,6)51-35)32(41)9-10-44-28(32)49-21/h8-10,18-24,26,28,38,41-42H,11-14H2,1-7H3/b15-8+/t18-,19+,20-,21+,22-,23-,24-,26+,28+,29-,30+,31+,32+,33+,34+,35+/m1/s1. The molecule has 51 heavy (non-hydrogen) atoms. The van der Waals surface area contributed by atoms with Crippen LogP contribution in [-0.4, -0.2) is 125 Å². The molecular weight excluding hydrogens is 676 g/mol. The molecule has 0 aromatic heterocycles. The molecule has 0 amide bonds. The number of esters is 4. The van der Waals surface area contributed by atoms with E-state index in [1.165, 1.54) is 26.2 Å². The maximum absolute atomic E-state index is 13.9. The van der Waals surface area contributed by atoms with Crippen LogP contribution in [0.15, 0.2) is 24.0 Å². The normalized spacial score (nSPS) is 53.9. The first-order chi connectivity index (χ1) is 23.9. The Labute approximate surface area is 293 Å². The summed E-state index contributed by atoms with van der Waals surface area (Å²) < 4.78 is 54.7. The zero-order chi connectivity index (χ0) is 36.9. The van der Waals surface area contributed by atoms with Crippen LogP contribution in [0.4, 0.5) is 0 Å². The number of rotatable bonds is 6. The minimum absolute atomic E-state index is 0.242. The lowest BCUT2D eigenvalue weighted by molar-refractivity contribution is -0.320. The summed E-state index contributed by atoms with van der Waals surface area (Å²) in [6, 6.07) is 0. The van der Waals surface area contributed by atoms with Gasteiger partial charge in [0.05, 0.1) is 44.9 Å². The summed E-state index contributed by atoms with van der Waals surface area (Å²) in [5.74, 6) is -9.57. The van der Waals surface area contributed by atoms with E-state index in [4.69, 9.17) is 42.6 Å². The van der Waals surface area contributed by atoms with Crippen LogP contribution in [0.3, 0.4) is 0 Å². The first-order valence-electron chi connectivity index (χ1n) is 17.2. The van der Waals surface area contributed by atoms with Crippen molar-refractivity contribution in [1.29, 1.82) is 0 Å².